The number of halogens is 1. The van der Waals surface area contributed by atoms with Crippen LogP contribution < -0.4 is 0 Å². The molecule has 0 radical (unpaired) electrons. The van der Waals surface area contributed by atoms with Gasteiger partial charge in [-0.05, 0) is 32.0 Å². The van der Waals surface area contributed by atoms with E-state index in [1.165, 1.54) is 0 Å². The summed E-state index contributed by atoms with van der Waals surface area (Å²) < 4.78 is 51.0. The quantitative estimate of drug-likeness (QED) is 0.611. The molecular formula is C19H27FN2O6S. The van der Waals surface area contributed by atoms with Crippen LogP contribution in [0.1, 0.15) is 38.1 Å². The van der Waals surface area contributed by atoms with E-state index in [0.29, 0.717) is 13.1 Å². The van der Waals surface area contributed by atoms with Crippen molar-refractivity contribution in [2.75, 3.05) is 32.8 Å². The van der Waals surface area contributed by atoms with Gasteiger partial charge in [0.2, 0.25) is 10.0 Å². The number of hydrogen-bond acceptors (Lipinski definition) is 6. The van der Waals surface area contributed by atoms with Gasteiger partial charge in [0.05, 0.1) is 17.8 Å². The first-order valence-corrected chi connectivity index (χ1v) is 10.9. The van der Waals surface area contributed by atoms with Gasteiger partial charge in [0.25, 0.3) is 5.91 Å². The highest BCUT2D eigenvalue weighted by molar-refractivity contribution is 7.89. The van der Waals surface area contributed by atoms with Crippen molar-refractivity contribution in [3.8, 4) is 0 Å². The Morgan fingerprint density at radius 1 is 1.21 bits per heavy atom. The van der Waals surface area contributed by atoms with Crippen molar-refractivity contribution in [3.05, 3.63) is 29.6 Å². The molecule has 1 aliphatic heterocycles. The summed E-state index contributed by atoms with van der Waals surface area (Å²) in [6.07, 6.45) is -0.244. The van der Waals surface area contributed by atoms with Crippen molar-refractivity contribution in [2.45, 2.75) is 44.8 Å². The fourth-order valence-corrected chi connectivity index (χ4v) is 4.76. The minimum absolute atomic E-state index is 0.122. The zero-order chi connectivity index (χ0) is 21.8. The molecule has 29 heavy (non-hydrogen) atoms. The number of rotatable bonds is 7. The van der Waals surface area contributed by atoms with Crippen LogP contribution in [0.2, 0.25) is 0 Å². The van der Waals surface area contributed by atoms with E-state index in [1.54, 1.807) is 18.7 Å². The van der Waals surface area contributed by atoms with Gasteiger partial charge in [0.1, 0.15) is 10.7 Å². The van der Waals surface area contributed by atoms with Crippen molar-refractivity contribution in [1.82, 2.24) is 9.21 Å². The van der Waals surface area contributed by atoms with Crippen molar-refractivity contribution in [3.63, 3.8) is 0 Å². The lowest BCUT2D eigenvalue weighted by Gasteiger charge is -2.35. The maximum atomic E-state index is 14.2. The molecule has 1 saturated heterocycles. The van der Waals surface area contributed by atoms with Gasteiger partial charge in [0, 0.05) is 26.2 Å². The molecule has 0 spiro atoms. The lowest BCUT2D eigenvalue weighted by molar-refractivity contribution is -0.146. The van der Waals surface area contributed by atoms with Crippen LogP contribution in [0.3, 0.4) is 0 Å². The van der Waals surface area contributed by atoms with E-state index in [2.05, 4.69) is 0 Å². The lowest BCUT2D eigenvalue weighted by Crippen LogP contribution is -2.49. The third kappa shape index (κ3) is 5.52. The van der Waals surface area contributed by atoms with E-state index >= 15 is 0 Å². The molecule has 1 aliphatic rings. The van der Waals surface area contributed by atoms with Gasteiger partial charge in [0.15, 0.2) is 6.61 Å². The second kappa shape index (κ2) is 9.64. The fraction of sp³-hybridized carbons (Fsp3) is 0.579. The summed E-state index contributed by atoms with van der Waals surface area (Å²) in [5, 5.41) is 0. The Labute approximate surface area is 170 Å². The minimum Gasteiger partial charge on any atom is -0.452 e. The van der Waals surface area contributed by atoms with E-state index in [9.17, 15) is 22.4 Å². The number of nitrogens with zero attached hydrogens (tertiary/aromatic N) is 2. The summed E-state index contributed by atoms with van der Waals surface area (Å²) >= 11 is 0. The summed E-state index contributed by atoms with van der Waals surface area (Å²) in [6.45, 7) is 7.58. The average Bonchev–Trinajstić information content (AvgIpc) is 2.66. The number of ether oxygens (including phenoxy) is 2. The van der Waals surface area contributed by atoms with Crippen LogP contribution in [-0.2, 0) is 24.3 Å². The first-order chi connectivity index (χ1) is 13.6. The molecular weight excluding hydrogens is 403 g/mol. The van der Waals surface area contributed by atoms with Crippen molar-refractivity contribution in [2.24, 2.45) is 0 Å². The molecule has 1 aromatic carbocycles. The molecule has 0 saturated carbocycles. The van der Waals surface area contributed by atoms with Gasteiger partial charge in [-0.2, -0.15) is 4.31 Å². The van der Waals surface area contributed by atoms with Gasteiger partial charge >= 0.3 is 5.97 Å². The molecule has 2 rings (SSSR count). The van der Waals surface area contributed by atoms with Crippen LogP contribution in [0.25, 0.3) is 0 Å². The number of sulfonamides is 1. The Kier molecular flexibility index (Phi) is 7.73. The maximum Gasteiger partial charge on any atom is 0.338 e. The van der Waals surface area contributed by atoms with E-state index in [1.807, 2.05) is 13.8 Å². The Morgan fingerprint density at radius 3 is 2.34 bits per heavy atom. The molecule has 0 aromatic heterocycles. The smallest absolute Gasteiger partial charge is 0.338 e. The number of esters is 1. The van der Waals surface area contributed by atoms with E-state index in [4.69, 9.17) is 9.47 Å². The number of benzene rings is 1. The molecule has 1 heterocycles. The largest absolute Gasteiger partial charge is 0.452 e. The summed E-state index contributed by atoms with van der Waals surface area (Å²) in [4.78, 5) is 25.6. The second-order valence-corrected chi connectivity index (χ2v) is 8.77. The maximum absolute atomic E-state index is 14.2. The fourth-order valence-electron chi connectivity index (χ4n) is 3.21. The predicted molar refractivity (Wildman–Crippen MR) is 103 cm³/mol. The topological polar surface area (TPSA) is 93.2 Å². The van der Waals surface area contributed by atoms with Gasteiger partial charge in [-0.1, -0.05) is 13.8 Å². The van der Waals surface area contributed by atoms with Gasteiger partial charge in [-0.3, -0.25) is 4.79 Å². The van der Waals surface area contributed by atoms with Crippen LogP contribution >= 0.6 is 0 Å². The van der Waals surface area contributed by atoms with Crippen LogP contribution in [0.4, 0.5) is 4.39 Å². The highest BCUT2D eigenvalue weighted by Gasteiger charge is 2.28. The molecule has 1 aromatic rings. The van der Waals surface area contributed by atoms with Crippen LogP contribution in [-0.4, -0.2) is 74.5 Å². The van der Waals surface area contributed by atoms with Crippen molar-refractivity contribution < 1.29 is 31.9 Å². The zero-order valence-electron chi connectivity index (χ0n) is 17.1. The minimum atomic E-state index is -4.09. The molecule has 0 N–H and O–H groups in total. The molecule has 162 valence electrons. The highest BCUT2D eigenvalue weighted by atomic mass is 32.2. The monoisotopic (exact) mass is 430 g/mol. The molecule has 2 unspecified atom stereocenters. The van der Waals surface area contributed by atoms with Crippen LogP contribution in [0, 0.1) is 5.82 Å². The molecule has 0 bridgehead atoms. The highest BCUT2D eigenvalue weighted by Crippen LogP contribution is 2.21. The third-order valence-corrected chi connectivity index (χ3v) is 6.65. The molecule has 2 atom stereocenters. The van der Waals surface area contributed by atoms with Gasteiger partial charge < -0.3 is 14.4 Å². The summed E-state index contributed by atoms with van der Waals surface area (Å²) in [6, 6.07) is 2.97. The van der Waals surface area contributed by atoms with Gasteiger partial charge in [-0.15, -0.1) is 0 Å². The van der Waals surface area contributed by atoms with Crippen molar-refractivity contribution >= 4 is 21.9 Å². The van der Waals surface area contributed by atoms with E-state index < -0.39 is 33.3 Å². The number of morpholine rings is 1. The standard InChI is InChI=1S/C19H27FN2O6S/c1-5-22(6-2)29(25,26)17-9-15(7-8-16(17)20)19(24)27-12-18(23)21-10-13(3)28-14(4)11-21/h7-9,13-14H,5-6,10-12H2,1-4H3. The van der Waals surface area contributed by atoms with Crippen LogP contribution in [0.5, 0.6) is 0 Å². The molecule has 8 nitrogen and oxygen atoms in total. The van der Waals surface area contributed by atoms with E-state index in [0.717, 1.165) is 22.5 Å². The summed E-state index contributed by atoms with van der Waals surface area (Å²) in [7, 11) is -4.09. The van der Waals surface area contributed by atoms with Gasteiger partial charge in [-0.25, -0.2) is 17.6 Å². The summed E-state index contributed by atoms with van der Waals surface area (Å²) in [5.74, 6) is -2.23. The molecule has 1 fully saturated rings. The Balaban J connectivity index is 2.11. The molecule has 0 aliphatic carbocycles. The number of amides is 1. The third-order valence-electron chi connectivity index (χ3n) is 4.59. The lowest BCUT2D eigenvalue weighted by atomic mass is 10.2. The number of carbonyl (C=O) groups is 2. The normalized spacial score (nSPS) is 20.0. The number of hydrogen-bond donors (Lipinski definition) is 0. The van der Waals surface area contributed by atoms with Crippen LogP contribution in [0.15, 0.2) is 23.1 Å². The Bertz CT molecular complexity index is 846. The predicted octanol–water partition coefficient (Wildman–Crippen LogP) is 1.65. The molecule has 1 amide bonds. The second-order valence-electron chi connectivity index (χ2n) is 6.87. The first-order valence-electron chi connectivity index (χ1n) is 9.50. The first kappa shape index (κ1) is 23.2. The summed E-state index contributed by atoms with van der Waals surface area (Å²) in [5.41, 5.74) is -0.145. The average molecular weight is 430 g/mol. The number of carbonyl (C=O) groups excluding carboxylic acids is 2. The van der Waals surface area contributed by atoms with Crippen molar-refractivity contribution in [1.29, 1.82) is 0 Å². The zero-order valence-corrected chi connectivity index (χ0v) is 17.9. The van der Waals surface area contributed by atoms with E-state index in [-0.39, 0.29) is 36.8 Å². The Hall–Kier alpha value is -2.04. The Morgan fingerprint density at radius 2 is 1.79 bits per heavy atom. The SMILES string of the molecule is CCN(CC)S(=O)(=O)c1cc(C(=O)OCC(=O)N2CC(C)OC(C)C2)ccc1F. The molecule has 10 heteroatoms.